The van der Waals surface area contributed by atoms with Gasteiger partial charge in [-0.1, -0.05) is 34.8 Å². The molecule has 3 nitrogen and oxygen atoms in total. The van der Waals surface area contributed by atoms with E-state index in [1.807, 2.05) is 0 Å². The maximum absolute atomic E-state index is 11.2. The van der Waals surface area contributed by atoms with Crippen molar-refractivity contribution in [1.82, 2.24) is 0 Å². The number of alkyl halides is 3. The molecule has 0 rings (SSSR count). The summed E-state index contributed by atoms with van der Waals surface area (Å²) in [6, 6.07) is 0. The third-order valence-electron chi connectivity index (χ3n) is 1.18. The van der Waals surface area contributed by atoms with Crippen molar-refractivity contribution < 1.29 is 14.3 Å². The van der Waals surface area contributed by atoms with Crippen LogP contribution in [0, 0.1) is 0 Å². The molecule has 0 spiro atoms. The van der Waals surface area contributed by atoms with Gasteiger partial charge in [0, 0.05) is 0 Å². The molecule has 0 aliphatic heterocycles. The quantitative estimate of drug-likeness (QED) is 0.257. The molecule has 0 aromatic rings. The first-order valence-corrected chi connectivity index (χ1v) is 4.89. The van der Waals surface area contributed by atoms with E-state index in [0.717, 1.165) is 6.08 Å². The zero-order chi connectivity index (χ0) is 11.4. The minimum Gasteiger partial charge on any atom is -0.462 e. The summed E-state index contributed by atoms with van der Waals surface area (Å²) in [5.41, 5.74) is -0.258. The van der Waals surface area contributed by atoms with Gasteiger partial charge >= 0.3 is 5.97 Å². The van der Waals surface area contributed by atoms with Gasteiger partial charge in [-0.25, -0.2) is 4.79 Å². The van der Waals surface area contributed by atoms with Crippen LogP contribution in [0.3, 0.4) is 0 Å². The van der Waals surface area contributed by atoms with E-state index in [-0.39, 0.29) is 12.2 Å². The molecule has 0 unspecified atom stereocenters. The molecule has 0 N–H and O–H groups in total. The lowest BCUT2D eigenvalue weighted by atomic mass is 10.2. The van der Waals surface area contributed by atoms with Crippen molar-refractivity contribution >= 4 is 46.6 Å². The van der Waals surface area contributed by atoms with E-state index in [1.54, 1.807) is 6.92 Å². The molecular weight excluding hydrogens is 250 g/mol. The fourth-order valence-corrected chi connectivity index (χ4v) is 1.00. The molecule has 0 fully saturated rings. The average Bonchev–Trinajstić information content (AvgIpc) is 1.98. The Labute approximate surface area is 97.0 Å². The second-order valence-electron chi connectivity index (χ2n) is 2.38. The monoisotopic (exact) mass is 258 g/mol. The molecule has 0 amide bonds. The number of esters is 1. The summed E-state index contributed by atoms with van der Waals surface area (Å²) in [5.74, 6) is -1.29. The van der Waals surface area contributed by atoms with Gasteiger partial charge in [0.2, 0.25) is 3.79 Å². The van der Waals surface area contributed by atoms with Crippen LogP contribution in [0.4, 0.5) is 0 Å². The van der Waals surface area contributed by atoms with Crippen LogP contribution in [-0.4, -0.2) is 22.2 Å². The Bertz CT molecular complexity index is 265. The Morgan fingerprint density at radius 2 is 1.86 bits per heavy atom. The highest BCUT2D eigenvalue weighted by molar-refractivity contribution is 6.69. The fraction of sp³-hybridized carbons (Fsp3) is 0.500. The highest BCUT2D eigenvalue weighted by atomic mass is 35.6. The van der Waals surface area contributed by atoms with Crippen molar-refractivity contribution in [3.63, 3.8) is 0 Å². The maximum atomic E-state index is 11.2. The lowest BCUT2D eigenvalue weighted by Gasteiger charge is -2.07. The summed E-state index contributed by atoms with van der Waals surface area (Å²) >= 11 is 16.2. The topological polar surface area (TPSA) is 43.4 Å². The lowest BCUT2D eigenvalue weighted by Crippen LogP contribution is -2.16. The van der Waals surface area contributed by atoms with E-state index in [4.69, 9.17) is 34.8 Å². The zero-order valence-electron chi connectivity index (χ0n) is 7.64. The number of hydrogen-bond donors (Lipinski definition) is 0. The van der Waals surface area contributed by atoms with Crippen molar-refractivity contribution in [3.8, 4) is 0 Å². The largest absolute Gasteiger partial charge is 0.462 e. The third-order valence-corrected chi connectivity index (χ3v) is 1.51. The highest BCUT2D eigenvalue weighted by Crippen LogP contribution is 2.29. The minimum absolute atomic E-state index is 0.156. The first kappa shape index (κ1) is 13.8. The second-order valence-corrected chi connectivity index (χ2v) is 4.75. The van der Waals surface area contributed by atoms with Gasteiger partial charge in [0.15, 0.2) is 5.78 Å². The summed E-state index contributed by atoms with van der Waals surface area (Å²) in [6.45, 7) is 2.97. The molecule has 80 valence electrons. The first-order valence-electron chi connectivity index (χ1n) is 3.75. The van der Waals surface area contributed by atoms with Gasteiger partial charge in [-0.05, 0) is 19.9 Å². The molecule has 0 saturated heterocycles. The SMILES string of the molecule is CCOC(=O)/C(=C\C(Cl)(Cl)Cl)C(C)=O. The van der Waals surface area contributed by atoms with Crippen LogP contribution < -0.4 is 0 Å². The number of rotatable bonds is 3. The van der Waals surface area contributed by atoms with Gasteiger partial charge < -0.3 is 4.74 Å². The minimum atomic E-state index is -1.78. The molecule has 0 aliphatic carbocycles. The Hall–Kier alpha value is -0.250. The fourth-order valence-electron chi connectivity index (χ4n) is 0.677. The van der Waals surface area contributed by atoms with Crippen LogP contribution >= 0.6 is 34.8 Å². The lowest BCUT2D eigenvalue weighted by molar-refractivity contribution is -0.139. The van der Waals surface area contributed by atoms with E-state index in [0.29, 0.717) is 0 Å². The van der Waals surface area contributed by atoms with Crippen LogP contribution in [0.2, 0.25) is 0 Å². The van der Waals surface area contributed by atoms with E-state index in [9.17, 15) is 9.59 Å². The molecule has 0 heterocycles. The molecule has 0 aromatic heterocycles. The van der Waals surface area contributed by atoms with Gasteiger partial charge in [0.25, 0.3) is 0 Å². The number of ketones is 1. The van der Waals surface area contributed by atoms with Crippen LogP contribution in [0.5, 0.6) is 0 Å². The molecule has 0 atom stereocenters. The normalized spacial score (nSPS) is 12.5. The van der Waals surface area contributed by atoms with Gasteiger partial charge in [0.1, 0.15) is 5.57 Å². The summed E-state index contributed by atoms with van der Waals surface area (Å²) in [7, 11) is 0. The van der Waals surface area contributed by atoms with E-state index in [2.05, 4.69) is 4.74 Å². The highest BCUT2D eigenvalue weighted by Gasteiger charge is 2.23. The zero-order valence-corrected chi connectivity index (χ0v) is 9.91. The molecule has 0 aliphatic rings. The van der Waals surface area contributed by atoms with E-state index < -0.39 is 15.5 Å². The van der Waals surface area contributed by atoms with Gasteiger partial charge in [-0.15, -0.1) is 0 Å². The predicted molar refractivity (Wildman–Crippen MR) is 55.7 cm³/mol. The number of ether oxygens (including phenoxy) is 1. The van der Waals surface area contributed by atoms with Gasteiger partial charge in [-0.3, -0.25) is 4.79 Å². The summed E-state index contributed by atoms with van der Waals surface area (Å²) < 4.78 is 2.82. The third kappa shape index (κ3) is 5.47. The molecule has 0 radical (unpaired) electrons. The first-order chi connectivity index (χ1) is 6.28. The Morgan fingerprint density at radius 1 is 1.36 bits per heavy atom. The number of Topliss-reactive ketones (excluding diaryl/α,β-unsaturated/α-hetero) is 1. The van der Waals surface area contributed by atoms with Crippen molar-refractivity contribution in [1.29, 1.82) is 0 Å². The van der Waals surface area contributed by atoms with Crippen molar-refractivity contribution in [2.75, 3.05) is 6.61 Å². The number of carbonyl (C=O) groups excluding carboxylic acids is 2. The maximum Gasteiger partial charge on any atom is 0.341 e. The molecule has 6 heteroatoms. The molecule has 14 heavy (non-hydrogen) atoms. The molecule has 0 saturated carbocycles. The molecular formula is C8H9Cl3O3. The van der Waals surface area contributed by atoms with Crippen LogP contribution in [0.25, 0.3) is 0 Å². The number of halogens is 3. The smallest absolute Gasteiger partial charge is 0.341 e. The summed E-state index contributed by atoms with van der Waals surface area (Å²) in [4.78, 5) is 22.2. The van der Waals surface area contributed by atoms with Crippen LogP contribution in [-0.2, 0) is 14.3 Å². The van der Waals surface area contributed by atoms with Gasteiger partial charge in [-0.2, -0.15) is 0 Å². The summed E-state index contributed by atoms with van der Waals surface area (Å²) in [5, 5.41) is 0. The van der Waals surface area contributed by atoms with Crippen LogP contribution in [0.1, 0.15) is 13.8 Å². The van der Waals surface area contributed by atoms with Gasteiger partial charge in [0.05, 0.1) is 6.61 Å². The Kier molecular flexibility index (Phi) is 5.49. The standard InChI is InChI=1S/C8H9Cl3O3/c1-3-14-7(13)6(5(2)12)4-8(9,10)11/h4H,3H2,1-2H3/b6-4-. The Balaban J connectivity index is 4.87. The van der Waals surface area contributed by atoms with E-state index >= 15 is 0 Å². The second kappa shape index (κ2) is 5.59. The molecule has 0 bridgehead atoms. The predicted octanol–water partition coefficient (Wildman–Crippen LogP) is 2.44. The van der Waals surface area contributed by atoms with Crippen molar-refractivity contribution in [3.05, 3.63) is 11.6 Å². The molecule has 0 aromatic carbocycles. The number of hydrogen-bond acceptors (Lipinski definition) is 3. The Morgan fingerprint density at radius 3 is 2.14 bits per heavy atom. The van der Waals surface area contributed by atoms with E-state index in [1.165, 1.54) is 6.92 Å². The van der Waals surface area contributed by atoms with Crippen LogP contribution in [0.15, 0.2) is 11.6 Å². The van der Waals surface area contributed by atoms with Crippen molar-refractivity contribution in [2.24, 2.45) is 0 Å². The number of carbonyl (C=O) groups is 2. The van der Waals surface area contributed by atoms with Crippen molar-refractivity contribution in [2.45, 2.75) is 17.6 Å². The number of allylic oxidation sites excluding steroid dienone is 1. The average molecular weight is 260 g/mol. The summed E-state index contributed by atoms with van der Waals surface area (Å²) in [6.07, 6.45) is 0.942.